The molecule has 5 nitrogen and oxygen atoms in total. The van der Waals surface area contributed by atoms with Crippen LogP contribution in [0.4, 0.5) is 0 Å². The number of hydrogen-bond donors (Lipinski definition) is 0. The van der Waals surface area contributed by atoms with Crippen molar-refractivity contribution in [3.63, 3.8) is 0 Å². The largest absolute Gasteiger partial charge is 0.465 e. The van der Waals surface area contributed by atoms with Crippen molar-refractivity contribution >= 4 is 16.1 Å². The summed E-state index contributed by atoms with van der Waals surface area (Å²) in [5.74, 6) is -1.23. The Morgan fingerprint density at radius 1 is 1.28 bits per heavy atom. The Morgan fingerprint density at radius 2 is 1.89 bits per heavy atom. The summed E-state index contributed by atoms with van der Waals surface area (Å²) in [6.07, 6.45) is 0.945. The van der Waals surface area contributed by atoms with Crippen molar-refractivity contribution in [2.24, 2.45) is 0 Å². The predicted octanol–water partition coefficient (Wildman–Crippen LogP) is 1.31. The maximum absolute atomic E-state index is 11.8. The molecule has 0 heterocycles. The monoisotopic (exact) mass is 272 g/mol. The van der Waals surface area contributed by atoms with Crippen molar-refractivity contribution in [1.82, 2.24) is 0 Å². The lowest BCUT2D eigenvalue weighted by atomic mass is 10.0. The Labute approximate surface area is 107 Å². The van der Waals surface area contributed by atoms with Gasteiger partial charge in [0.25, 0.3) is 10.1 Å². The van der Waals surface area contributed by atoms with Crippen LogP contribution in [-0.4, -0.2) is 33.9 Å². The fourth-order valence-electron chi connectivity index (χ4n) is 1.42. The van der Waals surface area contributed by atoms with Crippen LogP contribution in [0.3, 0.4) is 0 Å². The number of hydrogen-bond acceptors (Lipinski definition) is 5. The zero-order valence-electron chi connectivity index (χ0n) is 10.3. The van der Waals surface area contributed by atoms with E-state index < -0.39 is 22.0 Å². The highest BCUT2D eigenvalue weighted by molar-refractivity contribution is 7.85. The topological polar surface area (TPSA) is 69.7 Å². The first-order valence-corrected chi connectivity index (χ1v) is 7.31. The molecule has 0 aromatic heterocycles. The Bertz CT molecular complexity index is 480. The summed E-state index contributed by atoms with van der Waals surface area (Å²) in [6.45, 7) is 1.68. The van der Waals surface area contributed by atoms with Crippen molar-refractivity contribution in [2.45, 2.75) is 12.8 Å². The molecule has 6 heteroatoms. The van der Waals surface area contributed by atoms with Gasteiger partial charge >= 0.3 is 5.97 Å². The van der Waals surface area contributed by atoms with Gasteiger partial charge in [0.2, 0.25) is 0 Å². The van der Waals surface area contributed by atoms with E-state index in [9.17, 15) is 13.2 Å². The molecule has 0 aliphatic rings. The average Bonchev–Trinajstić information content (AvgIpc) is 2.29. The van der Waals surface area contributed by atoms with Crippen LogP contribution in [0.1, 0.15) is 18.4 Å². The summed E-state index contributed by atoms with van der Waals surface area (Å²) in [6, 6.07) is 8.80. The Hall–Kier alpha value is -1.40. The van der Waals surface area contributed by atoms with Gasteiger partial charge in [0.15, 0.2) is 0 Å². The van der Waals surface area contributed by atoms with E-state index in [1.165, 1.54) is 0 Å². The molecule has 100 valence electrons. The Kier molecular flexibility index (Phi) is 5.30. The van der Waals surface area contributed by atoms with Crippen LogP contribution in [0.25, 0.3) is 0 Å². The quantitative estimate of drug-likeness (QED) is 0.577. The molecular formula is C12H16O5S. The summed E-state index contributed by atoms with van der Waals surface area (Å²) >= 11 is 0. The lowest BCUT2D eigenvalue weighted by Crippen LogP contribution is -2.22. The molecule has 1 aromatic carbocycles. The van der Waals surface area contributed by atoms with Gasteiger partial charge in [-0.25, -0.2) is 0 Å². The zero-order chi connectivity index (χ0) is 13.6. The highest BCUT2D eigenvalue weighted by Gasteiger charge is 2.23. The second-order valence-corrected chi connectivity index (χ2v) is 5.35. The molecule has 0 amide bonds. The van der Waals surface area contributed by atoms with Crippen LogP contribution in [-0.2, 0) is 23.8 Å². The summed E-state index contributed by atoms with van der Waals surface area (Å²) in [5.41, 5.74) is 0.666. The number of esters is 1. The average molecular weight is 272 g/mol. The molecule has 0 spiro atoms. The second kappa shape index (κ2) is 6.51. The molecule has 1 atom stereocenters. The summed E-state index contributed by atoms with van der Waals surface area (Å²) in [7, 11) is -3.58. The fourth-order valence-corrected chi connectivity index (χ4v) is 1.80. The molecule has 0 unspecified atom stereocenters. The van der Waals surface area contributed by atoms with E-state index in [-0.39, 0.29) is 13.2 Å². The Balaban J connectivity index is 2.86. The van der Waals surface area contributed by atoms with Gasteiger partial charge in [-0.1, -0.05) is 30.3 Å². The molecule has 0 N–H and O–H groups in total. The molecule has 0 saturated carbocycles. The molecule has 0 radical (unpaired) electrons. The lowest BCUT2D eigenvalue weighted by Gasteiger charge is -2.15. The number of benzene rings is 1. The minimum absolute atomic E-state index is 0.237. The van der Waals surface area contributed by atoms with Crippen molar-refractivity contribution in [3.8, 4) is 0 Å². The van der Waals surface area contributed by atoms with Gasteiger partial charge < -0.3 is 4.74 Å². The predicted molar refractivity (Wildman–Crippen MR) is 66.6 cm³/mol. The maximum atomic E-state index is 11.8. The zero-order valence-corrected chi connectivity index (χ0v) is 11.1. The van der Waals surface area contributed by atoms with E-state index in [1.807, 2.05) is 6.07 Å². The summed E-state index contributed by atoms with van der Waals surface area (Å²) < 4.78 is 31.5. The molecule has 0 saturated heterocycles. The van der Waals surface area contributed by atoms with E-state index >= 15 is 0 Å². The van der Waals surface area contributed by atoms with Crippen molar-refractivity contribution in [1.29, 1.82) is 0 Å². The number of carbonyl (C=O) groups excluding carboxylic acids is 1. The van der Waals surface area contributed by atoms with E-state index in [0.29, 0.717) is 5.56 Å². The highest BCUT2D eigenvalue weighted by Crippen LogP contribution is 2.18. The lowest BCUT2D eigenvalue weighted by molar-refractivity contribution is -0.145. The molecule has 18 heavy (non-hydrogen) atoms. The third-order valence-corrected chi connectivity index (χ3v) is 2.79. The first-order chi connectivity index (χ1) is 8.44. The van der Waals surface area contributed by atoms with Gasteiger partial charge in [0.1, 0.15) is 5.92 Å². The molecule has 0 bridgehead atoms. The molecule has 0 aliphatic carbocycles. The molecule has 0 fully saturated rings. The molecular weight excluding hydrogens is 256 g/mol. The molecule has 1 aromatic rings. The van der Waals surface area contributed by atoms with Crippen molar-refractivity contribution < 1.29 is 22.1 Å². The van der Waals surface area contributed by atoms with Gasteiger partial charge in [-0.05, 0) is 12.5 Å². The van der Waals surface area contributed by atoms with Gasteiger partial charge in [-0.15, -0.1) is 0 Å². The van der Waals surface area contributed by atoms with Crippen LogP contribution in [0.15, 0.2) is 30.3 Å². The van der Waals surface area contributed by atoms with Crippen molar-refractivity contribution in [3.05, 3.63) is 35.9 Å². The Morgan fingerprint density at radius 3 is 2.39 bits per heavy atom. The fraction of sp³-hybridized carbons (Fsp3) is 0.417. The number of ether oxygens (including phenoxy) is 1. The van der Waals surface area contributed by atoms with Crippen LogP contribution in [0, 0.1) is 0 Å². The minimum atomic E-state index is -3.58. The van der Waals surface area contributed by atoms with Crippen LogP contribution in [0.5, 0.6) is 0 Å². The first kappa shape index (κ1) is 14.7. The van der Waals surface area contributed by atoms with E-state index in [2.05, 4.69) is 4.18 Å². The standard InChI is InChI=1S/C12H16O5S/c1-3-16-12(13)11(9-17-18(2,14)15)10-7-5-4-6-8-10/h4-8,11H,3,9H2,1-2H3/t11-/m0/s1. The van der Waals surface area contributed by atoms with Crippen LogP contribution < -0.4 is 0 Å². The maximum Gasteiger partial charge on any atom is 0.315 e. The van der Waals surface area contributed by atoms with Gasteiger partial charge in [0, 0.05) is 0 Å². The molecule has 1 rings (SSSR count). The smallest absolute Gasteiger partial charge is 0.315 e. The first-order valence-electron chi connectivity index (χ1n) is 5.50. The second-order valence-electron chi connectivity index (χ2n) is 3.70. The number of rotatable bonds is 6. The van der Waals surface area contributed by atoms with Gasteiger partial charge in [-0.2, -0.15) is 8.42 Å². The third-order valence-electron chi connectivity index (χ3n) is 2.22. The van der Waals surface area contributed by atoms with Crippen LogP contribution >= 0.6 is 0 Å². The number of carbonyl (C=O) groups is 1. The third kappa shape index (κ3) is 4.85. The van der Waals surface area contributed by atoms with Gasteiger partial charge in [-0.3, -0.25) is 8.98 Å². The molecule has 0 aliphatic heterocycles. The van der Waals surface area contributed by atoms with E-state index in [0.717, 1.165) is 6.26 Å². The summed E-state index contributed by atoms with van der Waals surface area (Å²) in [5, 5.41) is 0. The SMILES string of the molecule is CCOC(=O)[C@@H](COS(C)(=O)=O)c1ccccc1. The van der Waals surface area contributed by atoms with Crippen molar-refractivity contribution in [2.75, 3.05) is 19.5 Å². The van der Waals surface area contributed by atoms with E-state index in [1.54, 1.807) is 31.2 Å². The normalized spacial score (nSPS) is 13.0. The van der Waals surface area contributed by atoms with Gasteiger partial charge in [0.05, 0.1) is 19.5 Å². The minimum Gasteiger partial charge on any atom is -0.465 e. The highest BCUT2D eigenvalue weighted by atomic mass is 32.2. The van der Waals surface area contributed by atoms with Crippen LogP contribution in [0.2, 0.25) is 0 Å². The van der Waals surface area contributed by atoms with E-state index in [4.69, 9.17) is 4.74 Å². The summed E-state index contributed by atoms with van der Waals surface area (Å²) in [4.78, 5) is 11.8.